The monoisotopic (exact) mass is 254 g/mol. The van der Waals surface area contributed by atoms with E-state index in [1.165, 1.54) is 15.6 Å². The molecule has 68 valence electrons. The van der Waals surface area contributed by atoms with Crippen molar-refractivity contribution in [2.75, 3.05) is 0 Å². The molecule has 1 aromatic carbocycles. The fraction of sp³-hybridized carbons (Fsp3) is 0.273. The van der Waals surface area contributed by atoms with Crippen molar-refractivity contribution in [1.29, 1.82) is 0 Å². The standard InChI is InChI=1S/C11H11BrS/c1-2-10(12)9-7-13-11-6-4-3-5-8(9)11/h3-7,10H,2H2,1H3. The van der Waals surface area contributed by atoms with Gasteiger partial charge in [0.15, 0.2) is 0 Å². The number of rotatable bonds is 2. The maximum Gasteiger partial charge on any atom is 0.0407 e. The van der Waals surface area contributed by atoms with Crippen molar-refractivity contribution >= 4 is 37.4 Å². The molecule has 0 aliphatic rings. The fourth-order valence-electron chi connectivity index (χ4n) is 1.46. The highest BCUT2D eigenvalue weighted by molar-refractivity contribution is 9.09. The van der Waals surface area contributed by atoms with Gasteiger partial charge in [-0.2, -0.15) is 0 Å². The van der Waals surface area contributed by atoms with Gasteiger partial charge < -0.3 is 0 Å². The number of fused-ring (bicyclic) bond motifs is 1. The van der Waals surface area contributed by atoms with Crippen LogP contribution in [0.1, 0.15) is 23.7 Å². The smallest absolute Gasteiger partial charge is 0.0407 e. The lowest BCUT2D eigenvalue weighted by Crippen LogP contribution is -1.83. The topological polar surface area (TPSA) is 0 Å². The highest BCUT2D eigenvalue weighted by Gasteiger charge is 2.09. The van der Waals surface area contributed by atoms with E-state index in [-0.39, 0.29) is 0 Å². The highest BCUT2D eigenvalue weighted by Crippen LogP contribution is 2.35. The summed E-state index contributed by atoms with van der Waals surface area (Å²) in [6.45, 7) is 2.20. The fourth-order valence-corrected chi connectivity index (χ4v) is 3.03. The Balaban J connectivity index is 2.57. The first-order chi connectivity index (χ1) is 6.33. The molecule has 0 aliphatic heterocycles. The van der Waals surface area contributed by atoms with Crippen LogP contribution in [-0.4, -0.2) is 0 Å². The lowest BCUT2D eigenvalue weighted by molar-refractivity contribution is 0.922. The van der Waals surface area contributed by atoms with E-state index >= 15 is 0 Å². The van der Waals surface area contributed by atoms with E-state index < -0.39 is 0 Å². The minimum absolute atomic E-state index is 0.503. The molecule has 1 unspecified atom stereocenters. The van der Waals surface area contributed by atoms with Crippen LogP contribution in [-0.2, 0) is 0 Å². The van der Waals surface area contributed by atoms with Gasteiger partial charge in [0.2, 0.25) is 0 Å². The van der Waals surface area contributed by atoms with Crippen molar-refractivity contribution in [3.05, 3.63) is 35.2 Å². The third-order valence-corrected chi connectivity index (χ3v) is 4.33. The summed E-state index contributed by atoms with van der Waals surface area (Å²) in [5.74, 6) is 0. The summed E-state index contributed by atoms with van der Waals surface area (Å²) in [6, 6.07) is 8.58. The quantitative estimate of drug-likeness (QED) is 0.679. The molecule has 0 amide bonds. The van der Waals surface area contributed by atoms with Gasteiger partial charge in [-0.3, -0.25) is 0 Å². The largest absolute Gasteiger partial charge is 0.143 e. The van der Waals surface area contributed by atoms with Crippen LogP contribution in [0.4, 0.5) is 0 Å². The molecule has 0 aliphatic carbocycles. The van der Waals surface area contributed by atoms with E-state index in [4.69, 9.17) is 0 Å². The van der Waals surface area contributed by atoms with E-state index in [1.807, 2.05) is 11.3 Å². The zero-order valence-electron chi connectivity index (χ0n) is 7.46. The SMILES string of the molecule is CCC(Br)c1csc2ccccc12. The lowest BCUT2D eigenvalue weighted by atomic mass is 10.1. The first-order valence-corrected chi connectivity index (χ1v) is 6.22. The molecule has 2 aromatic rings. The first-order valence-electron chi connectivity index (χ1n) is 4.43. The number of hydrogen-bond acceptors (Lipinski definition) is 1. The van der Waals surface area contributed by atoms with Crippen LogP contribution < -0.4 is 0 Å². The Labute approximate surface area is 90.7 Å². The molecule has 0 N–H and O–H groups in total. The summed E-state index contributed by atoms with van der Waals surface area (Å²) in [5.41, 5.74) is 1.43. The highest BCUT2D eigenvalue weighted by atomic mass is 79.9. The summed E-state index contributed by atoms with van der Waals surface area (Å²) in [4.78, 5) is 0.503. The Morgan fingerprint density at radius 2 is 2.15 bits per heavy atom. The van der Waals surface area contributed by atoms with E-state index in [9.17, 15) is 0 Å². The van der Waals surface area contributed by atoms with Crippen LogP contribution in [0.15, 0.2) is 29.6 Å². The van der Waals surface area contributed by atoms with Gasteiger partial charge >= 0.3 is 0 Å². The Bertz CT molecular complexity index is 405. The molecule has 0 bridgehead atoms. The average Bonchev–Trinajstić information content (AvgIpc) is 2.60. The molecule has 1 atom stereocenters. The average molecular weight is 255 g/mol. The van der Waals surface area contributed by atoms with E-state index in [2.05, 4.69) is 52.5 Å². The normalized spacial score (nSPS) is 13.4. The predicted molar refractivity (Wildman–Crippen MR) is 63.8 cm³/mol. The van der Waals surface area contributed by atoms with E-state index in [0.29, 0.717) is 4.83 Å². The van der Waals surface area contributed by atoms with Crippen molar-refractivity contribution in [3.63, 3.8) is 0 Å². The van der Waals surface area contributed by atoms with Crippen molar-refractivity contribution in [2.45, 2.75) is 18.2 Å². The van der Waals surface area contributed by atoms with Gasteiger partial charge in [-0.25, -0.2) is 0 Å². The second-order valence-electron chi connectivity index (χ2n) is 3.06. The Kier molecular flexibility index (Phi) is 2.70. The number of hydrogen-bond donors (Lipinski definition) is 0. The Hall–Kier alpha value is -0.340. The minimum atomic E-state index is 0.503. The molecule has 0 nitrogen and oxygen atoms in total. The van der Waals surface area contributed by atoms with Crippen molar-refractivity contribution in [2.24, 2.45) is 0 Å². The van der Waals surface area contributed by atoms with Gasteiger partial charge in [-0.05, 0) is 28.8 Å². The van der Waals surface area contributed by atoms with Gasteiger partial charge in [0, 0.05) is 9.53 Å². The van der Waals surface area contributed by atoms with Crippen LogP contribution in [0.2, 0.25) is 0 Å². The van der Waals surface area contributed by atoms with Gasteiger partial charge in [0.1, 0.15) is 0 Å². The molecule has 13 heavy (non-hydrogen) atoms. The number of benzene rings is 1. The van der Waals surface area contributed by atoms with Crippen LogP contribution in [0.5, 0.6) is 0 Å². The third-order valence-electron chi connectivity index (χ3n) is 2.21. The van der Waals surface area contributed by atoms with E-state index in [1.54, 1.807) is 0 Å². The van der Waals surface area contributed by atoms with Crippen LogP contribution in [0, 0.1) is 0 Å². The van der Waals surface area contributed by atoms with Crippen molar-refractivity contribution in [1.82, 2.24) is 0 Å². The Morgan fingerprint density at radius 1 is 1.38 bits per heavy atom. The summed E-state index contributed by atoms with van der Waals surface area (Å²) < 4.78 is 1.38. The molecule has 0 saturated carbocycles. The molecule has 1 aromatic heterocycles. The molecule has 2 heteroatoms. The predicted octanol–water partition coefficient (Wildman–Crippen LogP) is 4.75. The summed E-state index contributed by atoms with van der Waals surface area (Å²) in [5, 5.41) is 3.66. The molecule has 0 fully saturated rings. The van der Waals surface area contributed by atoms with Gasteiger partial charge in [0.25, 0.3) is 0 Å². The van der Waals surface area contributed by atoms with Gasteiger partial charge in [-0.15, -0.1) is 11.3 Å². The zero-order chi connectivity index (χ0) is 9.26. The number of thiophene rings is 1. The number of halogens is 1. The van der Waals surface area contributed by atoms with Gasteiger partial charge in [-0.1, -0.05) is 41.1 Å². The molecule has 1 heterocycles. The summed E-state index contributed by atoms with van der Waals surface area (Å²) in [7, 11) is 0. The number of alkyl halides is 1. The maximum absolute atomic E-state index is 3.69. The molecular weight excluding hydrogens is 244 g/mol. The molecule has 0 spiro atoms. The molecule has 0 saturated heterocycles. The second-order valence-corrected chi connectivity index (χ2v) is 5.08. The van der Waals surface area contributed by atoms with E-state index in [0.717, 1.165) is 6.42 Å². The maximum atomic E-state index is 3.69. The minimum Gasteiger partial charge on any atom is -0.143 e. The first kappa shape index (κ1) is 9.22. The molecule has 0 radical (unpaired) electrons. The van der Waals surface area contributed by atoms with Crippen LogP contribution in [0.25, 0.3) is 10.1 Å². The van der Waals surface area contributed by atoms with Gasteiger partial charge in [0.05, 0.1) is 0 Å². The van der Waals surface area contributed by atoms with Crippen LogP contribution in [0.3, 0.4) is 0 Å². The second kappa shape index (κ2) is 3.81. The summed E-state index contributed by atoms with van der Waals surface area (Å²) >= 11 is 5.52. The zero-order valence-corrected chi connectivity index (χ0v) is 9.86. The summed E-state index contributed by atoms with van der Waals surface area (Å²) in [6.07, 6.45) is 1.14. The third kappa shape index (κ3) is 1.65. The van der Waals surface area contributed by atoms with Crippen LogP contribution >= 0.6 is 27.3 Å². The Morgan fingerprint density at radius 3 is 2.92 bits per heavy atom. The van der Waals surface area contributed by atoms with Crippen molar-refractivity contribution < 1.29 is 0 Å². The van der Waals surface area contributed by atoms with Crippen molar-refractivity contribution in [3.8, 4) is 0 Å². The molecule has 2 rings (SSSR count). The lowest BCUT2D eigenvalue weighted by Gasteiger charge is -2.04. The molecular formula is C11H11BrS.